The van der Waals surface area contributed by atoms with Crippen LogP contribution in [0, 0.1) is 0 Å². The molecule has 104 valence electrons. The van der Waals surface area contributed by atoms with Crippen LogP contribution in [-0.2, 0) is 0 Å². The Morgan fingerprint density at radius 1 is 1.37 bits per heavy atom. The molecule has 0 unspecified atom stereocenters. The number of nitrogens with zero attached hydrogens (tertiary/aromatic N) is 1. The number of ether oxygens (including phenoxy) is 2. The van der Waals surface area contributed by atoms with Crippen LogP contribution in [0.4, 0.5) is 0 Å². The minimum atomic E-state index is -0.630. The number of para-hydroxylation sites is 1. The van der Waals surface area contributed by atoms with Gasteiger partial charge in [0.2, 0.25) is 0 Å². The molecular formula is C14H19NO4. The number of aliphatic hydroxyl groups is 1. The van der Waals surface area contributed by atoms with Crippen LogP contribution in [0.25, 0.3) is 0 Å². The fraction of sp³-hybridized carbons (Fsp3) is 0.500. The van der Waals surface area contributed by atoms with Gasteiger partial charge in [0.25, 0.3) is 5.91 Å². The second-order valence-electron chi connectivity index (χ2n) is 5.16. The Morgan fingerprint density at radius 2 is 2.05 bits per heavy atom. The van der Waals surface area contributed by atoms with E-state index in [0.29, 0.717) is 30.3 Å². The van der Waals surface area contributed by atoms with Crippen LogP contribution in [0.1, 0.15) is 24.2 Å². The molecule has 2 rings (SSSR count). The molecule has 0 saturated carbocycles. The van der Waals surface area contributed by atoms with E-state index in [1.807, 2.05) is 0 Å². The van der Waals surface area contributed by atoms with E-state index in [1.165, 1.54) is 4.90 Å². The largest absolute Gasteiger partial charge is 0.486 e. The second kappa shape index (κ2) is 5.09. The zero-order valence-electron chi connectivity index (χ0n) is 11.5. The molecule has 1 aliphatic heterocycles. The average Bonchev–Trinajstić information content (AvgIpc) is 2.45. The summed E-state index contributed by atoms with van der Waals surface area (Å²) in [4.78, 5) is 14.0. The molecule has 0 aliphatic carbocycles. The van der Waals surface area contributed by atoms with Gasteiger partial charge in [0, 0.05) is 7.05 Å². The maximum atomic E-state index is 12.5. The van der Waals surface area contributed by atoms with E-state index in [9.17, 15) is 9.90 Å². The van der Waals surface area contributed by atoms with Crippen molar-refractivity contribution >= 4 is 5.91 Å². The maximum absolute atomic E-state index is 12.5. The highest BCUT2D eigenvalue weighted by Gasteiger charge is 2.30. The van der Waals surface area contributed by atoms with Crippen LogP contribution >= 0.6 is 0 Å². The summed E-state index contributed by atoms with van der Waals surface area (Å²) in [6.45, 7) is 4.42. The van der Waals surface area contributed by atoms with Gasteiger partial charge in [-0.25, -0.2) is 0 Å². The summed E-state index contributed by atoms with van der Waals surface area (Å²) in [6, 6.07) is 5.25. The number of benzene rings is 1. The van der Waals surface area contributed by atoms with E-state index in [2.05, 4.69) is 0 Å². The molecule has 0 saturated heterocycles. The van der Waals surface area contributed by atoms with Crippen molar-refractivity contribution < 1.29 is 19.4 Å². The molecule has 5 heteroatoms. The van der Waals surface area contributed by atoms with Crippen molar-refractivity contribution in [2.75, 3.05) is 26.9 Å². The van der Waals surface area contributed by atoms with Crippen molar-refractivity contribution in [3.63, 3.8) is 0 Å². The summed E-state index contributed by atoms with van der Waals surface area (Å²) < 4.78 is 11.0. The Bertz CT molecular complexity index is 484. The van der Waals surface area contributed by atoms with E-state index >= 15 is 0 Å². The Morgan fingerprint density at radius 3 is 2.74 bits per heavy atom. The molecule has 19 heavy (non-hydrogen) atoms. The molecule has 0 atom stereocenters. The number of likely N-dealkylation sites (N-methyl/N-ethyl adjacent to an activating group) is 1. The van der Waals surface area contributed by atoms with Gasteiger partial charge >= 0.3 is 0 Å². The number of hydrogen-bond acceptors (Lipinski definition) is 4. The van der Waals surface area contributed by atoms with Gasteiger partial charge in [-0.3, -0.25) is 4.79 Å². The summed E-state index contributed by atoms with van der Waals surface area (Å²) in [7, 11) is 1.67. The van der Waals surface area contributed by atoms with Gasteiger partial charge < -0.3 is 19.5 Å². The lowest BCUT2D eigenvalue weighted by atomic mass is 10.0. The Labute approximate surface area is 112 Å². The van der Waals surface area contributed by atoms with Gasteiger partial charge in [0.05, 0.1) is 17.7 Å². The van der Waals surface area contributed by atoms with Gasteiger partial charge in [0.15, 0.2) is 11.5 Å². The summed E-state index contributed by atoms with van der Waals surface area (Å²) in [5.74, 6) is 0.882. The lowest BCUT2D eigenvalue weighted by Gasteiger charge is -2.34. The third-order valence-electron chi connectivity index (χ3n) is 3.40. The van der Waals surface area contributed by atoms with Crippen LogP contribution < -0.4 is 9.47 Å². The summed E-state index contributed by atoms with van der Waals surface area (Å²) in [5, 5.41) is 9.35. The molecule has 0 aromatic heterocycles. The molecule has 1 amide bonds. The molecule has 0 radical (unpaired) electrons. The summed E-state index contributed by atoms with van der Waals surface area (Å²) >= 11 is 0. The molecule has 5 nitrogen and oxygen atoms in total. The highest BCUT2D eigenvalue weighted by Crippen LogP contribution is 2.34. The monoisotopic (exact) mass is 265 g/mol. The normalized spacial score (nSPS) is 14.1. The smallest absolute Gasteiger partial charge is 0.258 e. The van der Waals surface area contributed by atoms with Gasteiger partial charge in [-0.05, 0) is 26.0 Å². The van der Waals surface area contributed by atoms with Crippen molar-refractivity contribution in [3.8, 4) is 11.5 Å². The first kappa shape index (κ1) is 13.7. The van der Waals surface area contributed by atoms with Gasteiger partial charge in [-0.15, -0.1) is 0 Å². The van der Waals surface area contributed by atoms with Gasteiger partial charge in [-0.1, -0.05) is 6.07 Å². The maximum Gasteiger partial charge on any atom is 0.258 e. The molecule has 0 bridgehead atoms. The van der Waals surface area contributed by atoms with Crippen LogP contribution in [0.3, 0.4) is 0 Å². The minimum absolute atomic E-state index is 0.110. The molecule has 1 aromatic carbocycles. The number of aliphatic hydroxyl groups excluding tert-OH is 1. The van der Waals surface area contributed by atoms with E-state index in [-0.39, 0.29) is 12.5 Å². The van der Waals surface area contributed by atoms with Crippen molar-refractivity contribution in [2.45, 2.75) is 19.4 Å². The average molecular weight is 265 g/mol. The van der Waals surface area contributed by atoms with Crippen molar-refractivity contribution in [1.82, 2.24) is 4.90 Å². The summed E-state index contributed by atoms with van der Waals surface area (Å²) in [5.41, 5.74) is -0.170. The zero-order chi connectivity index (χ0) is 14.0. The molecule has 1 heterocycles. The highest BCUT2D eigenvalue weighted by molar-refractivity contribution is 5.98. The molecule has 0 fully saturated rings. The van der Waals surface area contributed by atoms with Gasteiger partial charge in [0.1, 0.15) is 13.2 Å². The quantitative estimate of drug-likeness (QED) is 0.895. The number of hydrogen-bond donors (Lipinski definition) is 1. The molecule has 1 N–H and O–H groups in total. The van der Waals surface area contributed by atoms with Crippen LogP contribution in [0.2, 0.25) is 0 Å². The lowest BCUT2D eigenvalue weighted by Crippen LogP contribution is -2.47. The number of carbonyl (C=O) groups is 1. The highest BCUT2D eigenvalue weighted by atomic mass is 16.6. The van der Waals surface area contributed by atoms with Crippen molar-refractivity contribution in [1.29, 1.82) is 0 Å². The third-order valence-corrected chi connectivity index (χ3v) is 3.40. The number of amides is 1. The molecular weight excluding hydrogens is 246 g/mol. The zero-order valence-corrected chi connectivity index (χ0v) is 11.5. The number of carbonyl (C=O) groups excluding carboxylic acids is 1. The topological polar surface area (TPSA) is 59.0 Å². The lowest BCUT2D eigenvalue weighted by molar-refractivity contribution is 0.0465. The Balaban J connectivity index is 2.34. The first-order valence-electron chi connectivity index (χ1n) is 6.25. The van der Waals surface area contributed by atoms with Crippen LogP contribution in [0.5, 0.6) is 11.5 Å². The fourth-order valence-electron chi connectivity index (χ4n) is 1.80. The minimum Gasteiger partial charge on any atom is -0.486 e. The second-order valence-corrected chi connectivity index (χ2v) is 5.16. The SMILES string of the molecule is CN(C(=O)c1cccc2c1OCCO2)C(C)(C)CO. The molecule has 0 spiro atoms. The number of rotatable bonds is 3. The summed E-state index contributed by atoms with van der Waals surface area (Å²) in [6.07, 6.45) is 0. The molecule has 1 aliphatic rings. The van der Waals surface area contributed by atoms with E-state index in [4.69, 9.17) is 9.47 Å². The third kappa shape index (κ3) is 2.51. The molecule has 1 aromatic rings. The fourth-order valence-corrected chi connectivity index (χ4v) is 1.80. The Kier molecular flexibility index (Phi) is 3.66. The predicted molar refractivity (Wildman–Crippen MR) is 70.7 cm³/mol. The standard InChI is InChI=1S/C14H19NO4/c1-14(2,9-16)15(3)13(17)10-5-4-6-11-12(10)19-8-7-18-11/h4-6,16H,7-9H2,1-3H3. The van der Waals surface area contributed by atoms with Crippen LogP contribution in [0.15, 0.2) is 18.2 Å². The Hall–Kier alpha value is -1.75. The first-order chi connectivity index (χ1) is 8.97. The van der Waals surface area contributed by atoms with Crippen molar-refractivity contribution in [3.05, 3.63) is 23.8 Å². The predicted octanol–water partition coefficient (Wildman–Crippen LogP) is 1.30. The van der Waals surface area contributed by atoms with E-state index < -0.39 is 5.54 Å². The van der Waals surface area contributed by atoms with Crippen LogP contribution in [-0.4, -0.2) is 48.3 Å². The van der Waals surface area contributed by atoms with Crippen molar-refractivity contribution in [2.24, 2.45) is 0 Å². The van der Waals surface area contributed by atoms with E-state index in [1.54, 1.807) is 39.1 Å². The van der Waals surface area contributed by atoms with Gasteiger partial charge in [-0.2, -0.15) is 0 Å². The number of fused-ring (bicyclic) bond motifs is 1. The first-order valence-corrected chi connectivity index (χ1v) is 6.25. The van der Waals surface area contributed by atoms with E-state index in [0.717, 1.165) is 0 Å².